The Bertz CT molecular complexity index is 387. The highest BCUT2D eigenvalue weighted by molar-refractivity contribution is 7.15. The van der Waals surface area contributed by atoms with Gasteiger partial charge in [0.1, 0.15) is 0 Å². The summed E-state index contributed by atoms with van der Waals surface area (Å²) in [5, 5.41) is 4.56. The molecule has 1 heterocycles. The molecule has 1 N–H and O–H groups in total. The highest BCUT2D eigenvalue weighted by Crippen LogP contribution is 2.26. The zero-order chi connectivity index (χ0) is 15.1. The van der Waals surface area contributed by atoms with E-state index in [1.165, 1.54) is 15.7 Å². The number of rotatable bonds is 9. The number of thiazole rings is 1. The van der Waals surface area contributed by atoms with Gasteiger partial charge in [-0.1, -0.05) is 20.8 Å². The predicted octanol–water partition coefficient (Wildman–Crippen LogP) is 2.59. The van der Waals surface area contributed by atoms with Gasteiger partial charge in [0.05, 0.1) is 5.69 Å². The standard InChI is InChI=1S/C15H30N4S/c1-7-16-10-14-13(4)17-15(20-14)19(11-12(2)3)9-8-18(5)6/h12,16H,7-11H2,1-6H3. The van der Waals surface area contributed by atoms with Crippen molar-refractivity contribution < 1.29 is 0 Å². The molecule has 0 bridgehead atoms. The van der Waals surface area contributed by atoms with Gasteiger partial charge in [-0.3, -0.25) is 0 Å². The monoisotopic (exact) mass is 298 g/mol. The number of likely N-dealkylation sites (N-methyl/N-ethyl adjacent to an activating group) is 1. The molecule has 0 atom stereocenters. The van der Waals surface area contributed by atoms with Crippen LogP contribution in [0.4, 0.5) is 5.13 Å². The first-order chi connectivity index (χ1) is 9.43. The molecule has 20 heavy (non-hydrogen) atoms. The molecule has 0 aliphatic rings. The topological polar surface area (TPSA) is 31.4 Å². The van der Waals surface area contributed by atoms with E-state index in [2.05, 4.69) is 56.9 Å². The van der Waals surface area contributed by atoms with Crippen LogP contribution in [-0.2, 0) is 6.54 Å². The third kappa shape index (κ3) is 5.77. The normalized spacial score (nSPS) is 11.6. The Morgan fingerprint density at radius 2 is 1.95 bits per heavy atom. The number of hydrogen-bond donors (Lipinski definition) is 1. The molecule has 116 valence electrons. The van der Waals surface area contributed by atoms with Crippen LogP contribution < -0.4 is 10.2 Å². The lowest BCUT2D eigenvalue weighted by Gasteiger charge is -2.25. The first kappa shape index (κ1) is 17.4. The second-order valence-electron chi connectivity index (χ2n) is 5.93. The van der Waals surface area contributed by atoms with Gasteiger partial charge in [0.25, 0.3) is 0 Å². The van der Waals surface area contributed by atoms with E-state index in [4.69, 9.17) is 4.98 Å². The van der Waals surface area contributed by atoms with Gasteiger partial charge in [-0.2, -0.15) is 0 Å². The van der Waals surface area contributed by atoms with E-state index >= 15 is 0 Å². The van der Waals surface area contributed by atoms with Crippen LogP contribution in [0.15, 0.2) is 0 Å². The van der Waals surface area contributed by atoms with E-state index in [0.29, 0.717) is 5.92 Å². The molecule has 0 saturated carbocycles. The SMILES string of the molecule is CCNCc1sc(N(CCN(C)C)CC(C)C)nc1C. The molecule has 1 rings (SSSR count). The maximum Gasteiger partial charge on any atom is 0.185 e. The maximum absolute atomic E-state index is 4.78. The summed E-state index contributed by atoms with van der Waals surface area (Å²) >= 11 is 1.84. The van der Waals surface area contributed by atoms with Crippen molar-refractivity contribution in [2.24, 2.45) is 5.92 Å². The molecule has 5 heteroatoms. The Kier molecular flexibility index (Phi) is 7.48. The van der Waals surface area contributed by atoms with E-state index < -0.39 is 0 Å². The molecule has 0 saturated heterocycles. The van der Waals surface area contributed by atoms with Crippen molar-refractivity contribution in [3.63, 3.8) is 0 Å². The van der Waals surface area contributed by atoms with Crippen molar-refractivity contribution in [3.8, 4) is 0 Å². The quantitative estimate of drug-likeness (QED) is 0.759. The van der Waals surface area contributed by atoms with Crippen molar-refractivity contribution in [2.75, 3.05) is 45.2 Å². The lowest BCUT2D eigenvalue weighted by atomic mass is 10.2. The lowest BCUT2D eigenvalue weighted by Crippen LogP contribution is -2.34. The van der Waals surface area contributed by atoms with Gasteiger partial charge in [0, 0.05) is 31.1 Å². The summed E-state index contributed by atoms with van der Waals surface area (Å²) in [6.07, 6.45) is 0. The predicted molar refractivity (Wildman–Crippen MR) is 89.8 cm³/mol. The van der Waals surface area contributed by atoms with Crippen molar-refractivity contribution in [3.05, 3.63) is 10.6 Å². The molecular formula is C15H30N4S. The summed E-state index contributed by atoms with van der Waals surface area (Å²) < 4.78 is 0. The molecule has 0 spiro atoms. The van der Waals surface area contributed by atoms with E-state index in [0.717, 1.165) is 32.7 Å². The molecule has 1 aromatic rings. The number of hydrogen-bond acceptors (Lipinski definition) is 5. The van der Waals surface area contributed by atoms with Gasteiger partial charge < -0.3 is 15.1 Å². The van der Waals surface area contributed by atoms with Gasteiger partial charge in [-0.25, -0.2) is 4.98 Å². The van der Waals surface area contributed by atoms with Crippen molar-refractivity contribution >= 4 is 16.5 Å². The second kappa shape index (κ2) is 8.60. The number of nitrogens with one attached hydrogen (secondary N) is 1. The van der Waals surface area contributed by atoms with Crippen LogP contribution in [0.5, 0.6) is 0 Å². The van der Waals surface area contributed by atoms with Gasteiger partial charge in [-0.15, -0.1) is 11.3 Å². The summed E-state index contributed by atoms with van der Waals surface area (Å²) in [6, 6.07) is 0. The van der Waals surface area contributed by atoms with Gasteiger partial charge in [0.15, 0.2) is 5.13 Å². The summed E-state index contributed by atoms with van der Waals surface area (Å²) in [5.74, 6) is 0.651. The fraction of sp³-hybridized carbons (Fsp3) is 0.800. The summed E-state index contributed by atoms with van der Waals surface area (Å²) in [4.78, 5) is 10.8. The average molecular weight is 298 g/mol. The minimum atomic E-state index is 0.651. The number of anilines is 1. The molecule has 1 aromatic heterocycles. The molecular weight excluding hydrogens is 268 g/mol. The van der Waals surface area contributed by atoms with Crippen LogP contribution in [-0.4, -0.2) is 50.2 Å². The molecule has 0 fully saturated rings. The molecule has 0 unspecified atom stereocenters. The maximum atomic E-state index is 4.78. The molecule has 0 aliphatic heterocycles. The first-order valence-corrected chi connectivity index (χ1v) is 8.32. The number of aryl methyl sites for hydroxylation is 1. The van der Waals surface area contributed by atoms with Crippen LogP contribution >= 0.6 is 11.3 Å². The Morgan fingerprint density at radius 3 is 2.50 bits per heavy atom. The van der Waals surface area contributed by atoms with Gasteiger partial charge >= 0.3 is 0 Å². The fourth-order valence-electron chi connectivity index (χ4n) is 1.98. The lowest BCUT2D eigenvalue weighted by molar-refractivity contribution is 0.409. The van der Waals surface area contributed by atoms with Crippen LogP contribution in [0.2, 0.25) is 0 Å². The summed E-state index contributed by atoms with van der Waals surface area (Å²) in [5.41, 5.74) is 1.17. The van der Waals surface area contributed by atoms with Crippen LogP contribution in [0.3, 0.4) is 0 Å². The molecule has 0 amide bonds. The van der Waals surface area contributed by atoms with Crippen LogP contribution in [0.1, 0.15) is 31.3 Å². The van der Waals surface area contributed by atoms with E-state index in [9.17, 15) is 0 Å². The summed E-state index contributed by atoms with van der Waals surface area (Å²) in [6.45, 7) is 13.9. The molecule has 0 aromatic carbocycles. The fourth-order valence-corrected chi connectivity index (χ4v) is 3.04. The largest absolute Gasteiger partial charge is 0.347 e. The summed E-state index contributed by atoms with van der Waals surface area (Å²) in [7, 11) is 4.24. The van der Waals surface area contributed by atoms with Crippen molar-refractivity contribution in [1.82, 2.24) is 15.2 Å². The Labute approximate surface area is 128 Å². The third-order valence-electron chi connectivity index (χ3n) is 3.09. The average Bonchev–Trinajstić information content (AvgIpc) is 2.72. The molecule has 4 nitrogen and oxygen atoms in total. The Morgan fingerprint density at radius 1 is 1.25 bits per heavy atom. The van der Waals surface area contributed by atoms with Crippen LogP contribution in [0, 0.1) is 12.8 Å². The Balaban J connectivity index is 2.78. The molecule has 0 aliphatic carbocycles. The van der Waals surface area contributed by atoms with Gasteiger partial charge in [0.2, 0.25) is 0 Å². The second-order valence-corrected chi connectivity index (χ2v) is 6.99. The minimum absolute atomic E-state index is 0.651. The van der Waals surface area contributed by atoms with E-state index in [1.807, 2.05) is 11.3 Å². The zero-order valence-corrected chi connectivity index (χ0v) is 14.7. The Hall–Kier alpha value is -0.650. The van der Waals surface area contributed by atoms with E-state index in [-0.39, 0.29) is 0 Å². The van der Waals surface area contributed by atoms with Crippen LogP contribution in [0.25, 0.3) is 0 Å². The van der Waals surface area contributed by atoms with Crippen molar-refractivity contribution in [1.29, 1.82) is 0 Å². The third-order valence-corrected chi connectivity index (χ3v) is 4.31. The number of aromatic nitrogens is 1. The zero-order valence-electron chi connectivity index (χ0n) is 13.9. The highest BCUT2D eigenvalue weighted by atomic mass is 32.1. The highest BCUT2D eigenvalue weighted by Gasteiger charge is 2.15. The minimum Gasteiger partial charge on any atom is -0.347 e. The molecule has 0 radical (unpaired) electrons. The number of nitrogens with zero attached hydrogens (tertiary/aromatic N) is 3. The van der Waals surface area contributed by atoms with E-state index in [1.54, 1.807) is 0 Å². The van der Waals surface area contributed by atoms with Gasteiger partial charge in [-0.05, 0) is 33.5 Å². The first-order valence-electron chi connectivity index (χ1n) is 7.50. The van der Waals surface area contributed by atoms with Crippen molar-refractivity contribution in [2.45, 2.75) is 34.2 Å². The smallest absolute Gasteiger partial charge is 0.185 e.